The van der Waals surface area contributed by atoms with Crippen molar-refractivity contribution in [3.63, 3.8) is 0 Å². The molecule has 2 N–H and O–H groups in total. The topological polar surface area (TPSA) is 114 Å². The van der Waals surface area contributed by atoms with Crippen LogP contribution in [0.3, 0.4) is 0 Å². The minimum atomic E-state index is -3.10. The van der Waals surface area contributed by atoms with Gasteiger partial charge in [0.05, 0.1) is 23.4 Å². The van der Waals surface area contributed by atoms with E-state index < -0.39 is 37.0 Å². The Kier molecular flexibility index (Phi) is 10.4. The van der Waals surface area contributed by atoms with Crippen LogP contribution in [0, 0.1) is 5.92 Å². The maximum absolute atomic E-state index is 13.2. The summed E-state index contributed by atoms with van der Waals surface area (Å²) in [6.45, 7) is 1.81. The molecule has 1 heterocycles. The number of alkyl halides is 2. The first kappa shape index (κ1) is 32.0. The zero-order valence-corrected chi connectivity index (χ0v) is 24.5. The van der Waals surface area contributed by atoms with E-state index in [0.29, 0.717) is 23.7 Å². The van der Waals surface area contributed by atoms with Crippen molar-refractivity contribution >= 4 is 46.7 Å². The fourth-order valence-electron chi connectivity index (χ4n) is 4.37. The van der Waals surface area contributed by atoms with E-state index in [1.165, 1.54) is 42.5 Å². The van der Waals surface area contributed by atoms with Gasteiger partial charge in [-0.3, -0.25) is 30.0 Å². The molecule has 1 saturated carbocycles. The van der Waals surface area contributed by atoms with Gasteiger partial charge >= 0.3 is 12.6 Å². The maximum Gasteiger partial charge on any atom is 0.387 e. The van der Waals surface area contributed by atoms with Crippen LogP contribution >= 0.6 is 23.2 Å². The summed E-state index contributed by atoms with van der Waals surface area (Å²) in [7, 11) is 0. The van der Waals surface area contributed by atoms with Crippen LogP contribution in [0.2, 0.25) is 0 Å². The number of carbonyl (C=O) groups is 3. The Balaban J connectivity index is 1.64. The van der Waals surface area contributed by atoms with E-state index in [1.807, 2.05) is 5.48 Å². The number of esters is 1. The molecule has 0 bridgehead atoms. The number of allylic oxidation sites excluding steroid dienone is 4. The molecule has 0 unspecified atom stereocenters. The number of fused-ring (bicyclic) bond motifs is 1. The average molecular weight is 637 g/mol. The largest absolute Gasteiger partial charge is 0.489 e. The van der Waals surface area contributed by atoms with Gasteiger partial charge in [-0.1, -0.05) is 48.0 Å². The molecule has 1 aliphatic carbocycles. The summed E-state index contributed by atoms with van der Waals surface area (Å²) in [5.74, 6) is -2.28. The predicted octanol–water partition coefficient (Wildman–Crippen LogP) is 6.97. The van der Waals surface area contributed by atoms with E-state index in [0.717, 1.165) is 17.7 Å². The first-order valence-corrected chi connectivity index (χ1v) is 14.0. The first-order chi connectivity index (χ1) is 20.6. The first-order valence-electron chi connectivity index (χ1n) is 13.2. The van der Waals surface area contributed by atoms with Crippen LogP contribution < -0.4 is 15.0 Å². The van der Waals surface area contributed by atoms with Gasteiger partial charge in [0.25, 0.3) is 11.8 Å². The number of ether oxygens (including phenoxy) is 3. The fourth-order valence-corrected chi connectivity index (χ4v) is 4.78. The van der Waals surface area contributed by atoms with Crippen molar-refractivity contribution in [2.24, 2.45) is 5.92 Å². The number of anilines is 1. The maximum atomic E-state index is 13.2. The molecule has 0 saturated heterocycles. The number of rotatable bonds is 14. The second-order valence-electron chi connectivity index (χ2n) is 9.76. The molecule has 43 heavy (non-hydrogen) atoms. The van der Waals surface area contributed by atoms with E-state index in [-0.39, 0.29) is 44.8 Å². The lowest BCUT2D eigenvalue weighted by molar-refractivity contribution is -0.149. The Hall–Kier alpha value is -3.93. The molecule has 228 valence electrons. The number of amides is 2. The van der Waals surface area contributed by atoms with Gasteiger partial charge in [-0.05, 0) is 67.2 Å². The molecular formula is C30H28Cl2F2N2O7. The standard InChI is InChI=1S/C30H28Cl2F2N2O7/c1-3-22(31)21(23(32)4-2)13-25(17-7-10-24(43-30(33)34)26(11-17)41-15-16-5-6-16)42-27(37)14-36-28(38)19-9-8-18(35-40)12-20(19)29(36)39/h3-4,7-12,16,25,30,35,40H,1,5-6,13-15H2,2H3/b22-21+,23-4+/t25-/m0/s1. The van der Waals surface area contributed by atoms with Crippen molar-refractivity contribution < 1.29 is 42.6 Å². The number of benzene rings is 2. The summed E-state index contributed by atoms with van der Waals surface area (Å²) in [6.07, 6.45) is 3.66. The number of nitrogens with zero attached hydrogens (tertiary/aromatic N) is 1. The summed E-state index contributed by atoms with van der Waals surface area (Å²) in [5.41, 5.74) is 2.85. The van der Waals surface area contributed by atoms with Gasteiger partial charge in [-0.25, -0.2) is 0 Å². The van der Waals surface area contributed by atoms with Crippen LogP contribution in [0.5, 0.6) is 11.5 Å². The second-order valence-corrected chi connectivity index (χ2v) is 10.6. The van der Waals surface area contributed by atoms with Crippen molar-refractivity contribution in [2.45, 2.75) is 38.9 Å². The van der Waals surface area contributed by atoms with E-state index >= 15 is 0 Å². The molecule has 0 radical (unpaired) electrons. The molecule has 0 spiro atoms. The van der Waals surface area contributed by atoms with Crippen LogP contribution in [0.15, 0.2) is 70.8 Å². The van der Waals surface area contributed by atoms with E-state index in [9.17, 15) is 23.2 Å². The number of hydrogen-bond donors (Lipinski definition) is 2. The van der Waals surface area contributed by atoms with Gasteiger partial charge in [0.1, 0.15) is 12.6 Å². The summed E-state index contributed by atoms with van der Waals surface area (Å²) in [4.78, 5) is 39.8. The van der Waals surface area contributed by atoms with Gasteiger partial charge in [-0.15, -0.1) is 0 Å². The highest BCUT2D eigenvalue weighted by molar-refractivity contribution is 6.36. The summed E-state index contributed by atoms with van der Waals surface area (Å²) in [6, 6.07) is 8.15. The minimum Gasteiger partial charge on any atom is -0.489 e. The van der Waals surface area contributed by atoms with Crippen LogP contribution in [-0.4, -0.2) is 47.7 Å². The lowest BCUT2D eigenvalue weighted by Gasteiger charge is -2.23. The van der Waals surface area contributed by atoms with Gasteiger partial charge < -0.3 is 14.2 Å². The molecule has 1 fully saturated rings. The van der Waals surface area contributed by atoms with Gasteiger partial charge in [0.15, 0.2) is 11.5 Å². The average Bonchev–Trinajstić information content (AvgIpc) is 3.80. The molecule has 2 aliphatic rings. The van der Waals surface area contributed by atoms with Crippen LogP contribution in [0.4, 0.5) is 14.5 Å². The second kappa shape index (κ2) is 14.0. The Morgan fingerprint density at radius 3 is 2.49 bits per heavy atom. The molecule has 2 aromatic carbocycles. The summed E-state index contributed by atoms with van der Waals surface area (Å²) < 4.78 is 42.4. The third kappa shape index (κ3) is 7.73. The Labute approximate surface area is 256 Å². The van der Waals surface area contributed by atoms with Crippen molar-refractivity contribution in [1.82, 2.24) is 4.90 Å². The Morgan fingerprint density at radius 2 is 1.86 bits per heavy atom. The number of carbonyl (C=O) groups excluding carboxylic acids is 3. The van der Waals surface area contributed by atoms with Crippen molar-refractivity contribution in [3.05, 3.63) is 87.5 Å². The molecule has 1 atom stereocenters. The predicted molar refractivity (Wildman–Crippen MR) is 155 cm³/mol. The highest BCUT2D eigenvalue weighted by Gasteiger charge is 2.38. The molecule has 4 rings (SSSR count). The van der Waals surface area contributed by atoms with Gasteiger partial charge in [0.2, 0.25) is 0 Å². The molecule has 1 aliphatic heterocycles. The van der Waals surface area contributed by atoms with Gasteiger partial charge in [0, 0.05) is 16.5 Å². The number of hydrogen-bond acceptors (Lipinski definition) is 8. The molecule has 0 aromatic heterocycles. The fraction of sp³-hybridized carbons (Fsp3) is 0.300. The van der Waals surface area contributed by atoms with Crippen molar-refractivity contribution in [2.75, 3.05) is 18.6 Å². The van der Waals surface area contributed by atoms with Crippen LogP contribution in [0.25, 0.3) is 0 Å². The monoisotopic (exact) mass is 636 g/mol. The van der Waals surface area contributed by atoms with Crippen LogP contribution in [0.1, 0.15) is 58.6 Å². The van der Waals surface area contributed by atoms with Crippen molar-refractivity contribution in [3.8, 4) is 11.5 Å². The third-order valence-electron chi connectivity index (χ3n) is 6.79. The molecule has 2 amide bonds. The molecule has 2 aromatic rings. The SMILES string of the molecule is C=C/C(Cl)=C(C[C@H](OC(=O)CN1C(=O)c2ccc(NO)cc2C1=O)c1ccc(OC(F)F)c(OCC2CC2)c1)\C(Cl)=C/C. The Bertz CT molecular complexity index is 1490. The highest BCUT2D eigenvalue weighted by Crippen LogP contribution is 2.39. The highest BCUT2D eigenvalue weighted by atomic mass is 35.5. The van der Waals surface area contributed by atoms with Crippen LogP contribution in [-0.2, 0) is 9.53 Å². The van der Waals surface area contributed by atoms with Crippen molar-refractivity contribution in [1.29, 1.82) is 0 Å². The van der Waals surface area contributed by atoms with E-state index in [1.54, 1.807) is 13.0 Å². The van der Waals surface area contributed by atoms with E-state index in [4.69, 9.17) is 37.9 Å². The van der Waals surface area contributed by atoms with Gasteiger partial charge in [-0.2, -0.15) is 8.78 Å². The zero-order valence-electron chi connectivity index (χ0n) is 22.9. The Morgan fingerprint density at radius 1 is 1.14 bits per heavy atom. The lowest BCUT2D eigenvalue weighted by Crippen LogP contribution is -2.36. The van der Waals surface area contributed by atoms with E-state index in [2.05, 4.69) is 11.3 Å². The number of imide groups is 1. The molecule has 9 nitrogen and oxygen atoms in total. The molecule has 13 heteroatoms. The summed E-state index contributed by atoms with van der Waals surface area (Å²) in [5, 5.41) is 9.58. The number of halogens is 4. The smallest absolute Gasteiger partial charge is 0.387 e. The lowest BCUT2D eigenvalue weighted by atomic mass is 9.99. The normalized spacial score (nSPS) is 16.1. The summed E-state index contributed by atoms with van der Waals surface area (Å²) >= 11 is 12.8. The quantitative estimate of drug-likeness (QED) is 0.0989. The molecular weight excluding hydrogens is 609 g/mol. The number of nitrogens with one attached hydrogen (secondary N) is 1. The zero-order chi connectivity index (χ0) is 31.3. The minimum absolute atomic E-state index is 0.00308. The third-order valence-corrected chi connectivity index (χ3v) is 7.62.